The highest BCUT2D eigenvalue weighted by molar-refractivity contribution is 9.10. The topological polar surface area (TPSA) is 38.5 Å². The Morgan fingerprint density at radius 2 is 2.29 bits per heavy atom. The minimum Gasteiger partial charge on any atom is -0.397 e. The first-order valence-corrected chi connectivity index (χ1v) is 6.48. The fourth-order valence-corrected chi connectivity index (χ4v) is 2.40. The van der Waals surface area contributed by atoms with Crippen molar-refractivity contribution in [2.45, 2.75) is 19.4 Å². The first-order valence-electron chi connectivity index (χ1n) is 5.69. The van der Waals surface area contributed by atoms with Gasteiger partial charge >= 0.3 is 0 Å². The normalized spacial score (nSPS) is 21.4. The van der Waals surface area contributed by atoms with E-state index in [4.69, 9.17) is 10.5 Å². The van der Waals surface area contributed by atoms with E-state index in [1.54, 1.807) is 6.07 Å². The lowest BCUT2D eigenvalue weighted by Gasteiger charge is -2.25. The molecule has 1 fully saturated rings. The Morgan fingerprint density at radius 1 is 1.53 bits per heavy atom. The summed E-state index contributed by atoms with van der Waals surface area (Å²) in [7, 11) is 0. The number of hydrogen-bond acceptors (Lipinski definition) is 3. The van der Waals surface area contributed by atoms with E-state index in [-0.39, 0.29) is 11.9 Å². The smallest absolute Gasteiger partial charge is 0.139 e. The summed E-state index contributed by atoms with van der Waals surface area (Å²) in [5, 5.41) is 0. The van der Waals surface area contributed by atoms with Gasteiger partial charge in [-0.25, -0.2) is 4.39 Å². The maximum absolute atomic E-state index is 13.6. The molecule has 5 heteroatoms. The van der Waals surface area contributed by atoms with Gasteiger partial charge in [0, 0.05) is 25.8 Å². The maximum Gasteiger partial charge on any atom is 0.139 e. The molecule has 0 saturated carbocycles. The number of nitrogen functional groups attached to an aromatic ring is 1. The molecule has 1 aliphatic heterocycles. The third-order valence-corrected chi connectivity index (χ3v) is 3.47. The second-order valence-corrected chi connectivity index (χ2v) is 5.16. The fourth-order valence-electron chi connectivity index (χ4n) is 2.04. The second kappa shape index (κ2) is 5.23. The summed E-state index contributed by atoms with van der Waals surface area (Å²) in [5.74, 6) is -0.285. The lowest BCUT2D eigenvalue weighted by molar-refractivity contribution is 0.0821. The molecule has 0 amide bonds. The zero-order valence-corrected chi connectivity index (χ0v) is 11.3. The highest BCUT2D eigenvalue weighted by atomic mass is 79.9. The number of anilines is 2. The molecule has 2 rings (SSSR count). The summed E-state index contributed by atoms with van der Waals surface area (Å²) in [6.45, 7) is 4.35. The van der Waals surface area contributed by atoms with Gasteiger partial charge in [-0.2, -0.15) is 0 Å². The second-order valence-electron chi connectivity index (χ2n) is 4.31. The van der Waals surface area contributed by atoms with E-state index in [2.05, 4.69) is 20.8 Å². The molecule has 1 aromatic rings. The number of ether oxygens (including phenoxy) is 1. The minimum absolute atomic E-state index is 0.142. The molecular weight excluding hydrogens is 287 g/mol. The number of nitrogens with zero attached hydrogens (tertiary/aromatic N) is 1. The van der Waals surface area contributed by atoms with Crippen LogP contribution in [0.25, 0.3) is 0 Å². The van der Waals surface area contributed by atoms with Crippen LogP contribution in [0.3, 0.4) is 0 Å². The summed E-state index contributed by atoms with van der Waals surface area (Å²) >= 11 is 3.13. The molecule has 1 aromatic carbocycles. The number of benzene rings is 1. The van der Waals surface area contributed by atoms with Crippen LogP contribution in [0, 0.1) is 5.82 Å². The lowest BCUT2D eigenvalue weighted by Crippen LogP contribution is -2.30. The number of rotatable bonds is 1. The molecule has 0 aromatic heterocycles. The van der Waals surface area contributed by atoms with Crippen molar-refractivity contribution in [3.05, 3.63) is 22.4 Å². The van der Waals surface area contributed by atoms with Gasteiger partial charge in [0.25, 0.3) is 0 Å². The molecule has 3 nitrogen and oxygen atoms in total. The summed E-state index contributed by atoms with van der Waals surface area (Å²) in [6.07, 6.45) is 1.07. The van der Waals surface area contributed by atoms with Crippen LogP contribution in [-0.2, 0) is 4.74 Å². The Balaban J connectivity index is 2.28. The molecule has 0 aliphatic carbocycles. The van der Waals surface area contributed by atoms with E-state index >= 15 is 0 Å². The summed E-state index contributed by atoms with van der Waals surface area (Å²) in [5.41, 5.74) is 7.28. The van der Waals surface area contributed by atoms with Crippen LogP contribution in [0.1, 0.15) is 13.3 Å². The Hall–Kier alpha value is -0.810. The van der Waals surface area contributed by atoms with Gasteiger partial charge in [0.15, 0.2) is 0 Å². The molecule has 1 aliphatic rings. The van der Waals surface area contributed by atoms with Crippen molar-refractivity contribution in [2.24, 2.45) is 0 Å². The molecule has 1 atom stereocenters. The van der Waals surface area contributed by atoms with Crippen LogP contribution in [0.15, 0.2) is 16.6 Å². The van der Waals surface area contributed by atoms with Crippen molar-refractivity contribution in [3.63, 3.8) is 0 Å². The molecule has 17 heavy (non-hydrogen) atoms. The van der Waals surface area contributed by atoms with Gasteiger partial charge in [0.1, 0.15) is 5.82 Å². The van der Waals surface area contributed by atoms with Gasteiger partial charge < -0.3 is 15.4 Å². The standard InChI is InChI=1S/C12H16BrFN2O/c1-8-7-16(3-2-4-17-8)12-6-10(14)9(13)5-11(12)15/h5-6,8H,2-4,7,15H2,1H3. The van der Waals surface area contributed by atoms with Gasteiger partial charge in [-0.1, -0.05) is 0 Å². The first kappa shape index (κ1) is 12.6. The van der Waals surface area contributed by atoms with Crippen molar-refractivity contribution < 1.29 is 9.13 Å². The molecule has 1 heterocycles. The zero-order valence-electron chi connectivity index (χ0n) is 9.75. The summed E-state index contributed by atoms with van der Waals surface area (Å²) in [4.78, 5) is 2.09. The van der Waals surface area contributed by atoms with Crippen LogP contribution < -0.4 is 10.6 Å². The van der Waals surface area contributed by atoms with Crippen LogP contribution in [-0.4, -0.2) is 25.8 Å². The Morgan fingerprint density at radius 3 is 3.06 bits per heavy atom. The van der Waals surface area contributed by atoms with Crippen molar-refractivity contribution in [1.29, 1.82) is 0 Å². The van der Waals surface area contributed by atoms with Crippen molar-refractivity contribution in [2.75, 3.05) is 30.3 Å². The number of nitrogens with two attached hydrogens (primary N) is 1. The Kier molecular flexibility index (Phi) is 3.89. The van der Waals surface area contributed by atoms with E-state index in [1.807, 2.05) is 6.92 Å². The van der Waals surface area contributed by atoms with Gasteiger partial charge in [-0.15, -0.1) is 0 Å². The maximum atomic E-state index is 13.6. The molecule has 0 spiro atoms. The molecule has 1 saturated heterocycles. The van der Waals surface area contributed by atoms with Gasteiger partial charge in [-0.3, -0.25) is 0 Å². The average molecular weight is 303 g/mol. The van der Waals surface area contributed by atoms with Crippen molar-refractivity contribution in [3.8, 4) is 0 Å². The molecule has 94 valence electrons. The Labute approximate surface area is 109 Å². The van der Waals surface area contributed by atoms with E-state index < -0.39 is 0 Å². The van der Waals surface area contributed by atoms with Crippen molar-refractivity contribution >= 4 is 27.3 Å². The van der Waals surface area contributed by atoms with E-state index in [9.17, 15) is 4.39 Å². The van der Waals surface area contributed by atoms with Crippen LogP contribution in [0.2, 0.25) is 0 Å². The average Bonchev–Trinajstić information content (AvgIpc) is 2.48. The quantitative estimate of drug-likeness (QED) is 0.811. The zero-order chi connectivity index (χ0) is 12.4. The first-order chi connectivity index (χ1) is 8.08. The Bertz CT molecular complexity index is 414. The predicted octanol–water partition coefficient (Wildman–Crippen LogP) is 2.79. The van der Waals surface area contributed by atoms with E-state index in [0.29, 0.717) is 10.2 Å². The van der Waals surface area contributed by atoms with Crippen molar-refractivity contribution in [1.82, 2.24) is 0 Å². The molecule has 2 N–H and O–H groups in total. The van der Waals surface area contributed by atoms with Crippen LogP contribution in [0.4, 0.5) is 15.8 Å². The van der Waals surface area contributed by atoms with E-state index in [0.717, 1.165) is 31.8 Å². The summed E-state index contributed by atoms with van der Waals surface area (Å²) < 4.78 is 19.5. The number of hydrogen-bond donors (Lipinski definition) is 1. The van der Waals surface area contributed by atoms with Crippen LogP contribution in [0.5, 0.6) is 0 Å². The fraction of sp³-hybridized carbons (Fsp3) is 0.500. The SMILES string of the molecule is CC1CN(c2cc(F)c(Br)cc2N)CCCO1. The molecule has 0 bridgehead atoms. The van der Waals surface area contributed by atoms with Crippen LogP contribution >= 0.6 is 15.9 Å². The van der Waals surface area contributed by atoms with E-state index in [1.165, 1.54) is 6.07 Å². The monoisotopic (exact) mass is 302 g/mol. The predicted molar refractivity (Wildman–Crippen MR) is 70.8 cm³/mol. The number of halogens is 2. The van der Waals surface area contributed by atoms with Gasteiger partial charge in [-0.05, 0) is 35.3 Å². The lowest BCUT2D eigenvalue weighted by atomic mass is 10.2. The molecule has 0 radical (unpaired) electrons. The molecule has 1 unspecified atom stereocenters. The van der Waals surface area contributed by atoms with Gasteiger partial charge in [0.05, 0.1) is 22.0 Å². The highest BCUT2D eigenvalue weighted by Crippen LogP contribution is 2.30. The molecular formula is C12H16BrFN2O. The largest absolute Gasteiger partial charge is 0.397 e. The minimum atomic E-state index is -0.285. The van der Waals surface area contributed by atoms with Gasteiger partial charge in [0.2, 0.25) is 0 Å². The third kappa shape index (κ3) is 2.90. The third-order valence-electron chi connectivity index (χ3n) is 2.86. The highest BCUT2D eigenvalue weighted by Gasteiger charge is 2.18. The summed E-state index contributed by atoms with van der Waals surface area (Å²) in [6, 6.07) is 3.10.